The Morgan fingerprint density at radius 1 is 0.378 bits per heavy atom. The maximum absolute atomic E-state index is 13.1. The number of rotatable bonds is 57. The average Bonchev–Trinajstić information content (AvgIpc) is 3.61. The molecule has 2 rings (SSSR count). The third-order valence-electron chi connectivity index (χ3n) is 16.7. The van der Waals surface area contributed by atoms with E-state index in [-0.39, 0.29) is 26.1 Å². The van der Waals surface area contributed by atoms with E-state index in [2.05, 4.69) is 26.0 Å². The van der Waals surface area contributed by atoms with E-state index in [9.17, 15) is 45.3 Å². The van der Waals surface area contributed by atoms with Gasteiger partial charge in [0.2, 0.25) is 0 Å². The van der Waals surface area contributed by atoms with Crippen molar-refractivity contribution in [3.8, 4) is 0 Å². The molecular formula is C67H126O15. The van der Waals surface area contributed by atoms with Crippen molar-refractivity contribution in [3.63, 3.8) is 0 Å². The Morgan fingerprint density at radius 3 is 1.11 bits per heavy atom. The molecule has 0 aromatic rings. The molecule has 484 valence electrons. The molecule has 11 atom stereocenters. The minimum Gasteiger partial charge on any atom is -0.462 e. The highest BCUT2D eigenvalue weighted by Crippen LogP contribution is 2.27. The number of unbranched alkanes of at least 4 members (excludes halogenated alkanes) is 41. The Bertz CT molecular complexity index is 1470. The molecule has 2 heterocycles. The van der Waals surface area contributed by atoms with E-state index < -0.39 is 92.7 Å². The first-order chi connectivity index (χ1) is 40.0. The zero-order valence-electron chi connectivity index (χ0n) is 52.3. The molecule has 0 aromatic heterocycles. The van der Waals surface area contributed by atoms with E-state index in [0.717, 1.165) is 38.5 Å². The monoisotopic (exact) mass is 1170 g/mol. The van der Waals surface area contributed by atoms with Crippen LogP contribution in [0.2, 0.25) is 0 Å². The second-order valence-corrected chi connectivity index (χ2v) is 24.4. The molecule has 82 heavy (non-hydrogen) atoms. The van der Waals surface area contributed by atoms with Crippen molar-refractivity contribution < 1.29 is 73.8 Å². The Morgan fingerprint density at radius 2 is 0.707 bits per heavy atom. The lowest BCUT2D eigenvalue weighted by atomic mass is 9.98. The summed E-state index contributed by atoms with van der Waals surface area (Å²) in [6.45, 7) is 2.66. The molecule has 0 spiro atoms. The van der Waals surface area contributed by atoms with Crippen LogP contribution in [0.15, 0.2) is 12.2 Å². The second kappa shape index (κ2) is 53.5. The van der Waals surface area contributed by atoms with Gasteiger partial charge in [-0.25, -0.2) is 0 Å². The molecule has 0 amide bonds. The number of carbonyl (C=O) groups is 2. The van der Waals surface area contributed by atoms with Crippen LogP contribution in [0.4, 0.5) is 0 Å². The molecule has 0 saturated carbocycles. The summed E-state index contributed by atoms with van der Waals surface area (Å²) in [5.41, 5.74) is 0. The van der Waals surface area contributed by atoms with Crippen molar-refractivity contribution in [2.24, 2.45) is 0 Å². The van der Waals surface area contributed by atoms with Crippen LogP contribution in [0.25, 0.3) is 0 Å². The predicted molar refractivity (Wildman–Crippen MR) is 326 cm³/mol. The molecule has 0 bridgehead atoms. The van der Waals surface area contributed by atoms with Gasteiger partial charge in [-0.3, -0.25) is 9.59 Å². The summed E-state index contributed by atoms with van der Waals surface area (Å²) in [4.78, 5) is 26.0. The normalized spacial score (nSPS) is 23.4. The van der Waals surface area contributed by atoms with Gasteiger partial charge in [0.1, 0.15) is 55.4 Å². The fraction of sp³-hybridized carbons (Fsp3) is 0.940. The lowest BCUT2D eigenvalue weighted by Gasteiger charge is -2.42. The molecule has 15 heteroatoms. The molecule has 2 fully saturated rings. The topological polar surface area (TPSA) is 231 Å². The molecular weight excluding hydrogens is 1040 g/mol. The number of aliphatic hydroxyl groups is 7. The molecule has 7 N–H and O–H groups in total. The van der Waals surface area contributed by atoms with Gasteiger partial charge in [-0.2, -0.15) is 0 Å². The number of hydrogen-bond donors (Lipinski definition) is 7. The summed E-state index contributed by atoms with van der Waals surface area (Å²) in [6, 6.07) is 0. The van der Waals surface area contributed by atoms with Crippen molar-refractivity contribution in [2.75, 3.05) is 26.4 Å². The fourth-order valence-electron chi connectivity index (χ4n) is 11.2. The van der Waals surface area contributed by atoms with E-state index in [0.29, 0.717) is 12.8 Å². The van der Waals surface area contributed by atoms with Gasteiger partial charge in [0.25, 0.3) is 0 Å². The molecule has 4 unspecified atom stereocenters. The molecule has 15 nitrogen and oxygen atoms in total. The molecule has 2 aliphatic heterocycles. The van der Waals surface area contributed by atoms with Crippen LogP contribution < -0.4 is 0 Å². The van der Waals surface area contributed by atoms with Crippen LogP contribution in [0.5, 0.6) is 0 Å². The number of carbonyl (C=O) groups excluding carboxylic acids is 2. The lowest BCUT2D eigenvalue weighted by Crippen LogP contribution is -2.61. The SMILES string of the molecule is CCCCCCCCCCCCCCCCCCCC/C=C/CCCC(=O)OC[C@@H](CO[C@@H]1O[C@H](CO[C@@H]2O[C@H](CO)[C@H](O)C(O)C2O)[C@H](O)C(O)C1O)OC(=O)CCCCCCCCCCCCCCCCCCCCCCCCC. The first kappa shape index (κ1) is 76.3. The molecule has 0 radical (unpaired) electrons. The van der Waals surface area contributed by atoms with Gasteiger partial charge in [0.05, 0.1) is 19.8 Å². The number of allylic oxidation sites excluding steroid dienone is 2. The van der Waals surface area contributed by atoms with E-state index >= 15 is 0 Å². The smallest absolute Gasteiger partial charge is 0.306 e. The predicted octanol–water partition coefficient (Wildman–Crippen LogP) is 13.6. The summed E-state index contributed by atoms with van der Waals surface area (Å²) >= 11 is 0. The van der Waals surface area contributed by atoms with Crippen molar-refractivity contribution in [1.29, 1.82) is 0 Å². The van der Waals surface area contributed by atoms with Crippen LogP contribution >= 0.6 is 0 Å². The maximum Gasteiger partial charge on any atom is 0.306 e. The Hall–Kier alpha value is -1.76. The van der Waals surface area contributed by atoms with Crippen LogP contribution in [0.1, 0.15) is 309 Å². The van der Waals surface area contributed by atoms with Gasteiger partial charge in [-0.1, -0.05) is 276 Å². The largest absolute Gasteiger partial charge is 0.462 e. The van der Waals surface area contributed by atoms with E-state index in [1.807, 2.05) is 0 Å². The highest BCUT2D eigenvalue weighted by Gasteiger charge is 2.47. The second-order valence-electron chi connectivity index (χ2n) is 24.4. The lowest BCUT2D eigenvalue weighted by molar-refractivity contribution is -0.332. The highest BCUT2D eigenvalue weighted by atomic mass is 16.7. The summed E-state index contributed by atoms with van der Waals surface area (Å²) in [6.07, 6.45) is 43.9. The van der Waals surface area contributed by atoms with Gasteiger partial charge in [-0.15, -0.1) is 0 Å². The summed E-state index contributed by atoms with van der Waals surface area (Å²) < 4.78 is 33.8. The molecule has 2 aliphatic rings. The molecule has 0 aromatic carbocycles. The third-order valence-corrected chi connectivity index (χ3v) is 16.7. The minimum atomic E-state index is -1.77. The number of aliphatic hydroxyl groups excluding tert-OH is 7. The number of hydrogen-bond acceptors (Lipinski definition) is 15. The van der Waals surface area contributed by atoms with Gasteiger partial charge in [0, 0.05) is 12.8 Å². The first-order valence-electron chi connectivity index (χ1n) is 34.3. The van der Waals surface area contributed by atoms with Crippen molar-refractivity contribution >= 4 is 11.9 Å². The van der Waals surface area contributed by atoms with E-state index in [1.165, 1.54) is 231 Å². The number of ether oxygens (including phenoxy) is 6. The van der Waals surface area contributed by atoms with E-state index in [4.69, 9.17) is 28.4 Å². The standard InChI is InChI=1S/C67H126O15/c1-3-5-7-9-11-13-15-17-19-21-23-25-27-29-31-33-35-37-39-41-43-45-47-49-58(69)77-52-55(53-78-66-65(76)63(74)61(72)57(82-66)54-79-67-64(75)62(73)60(71)56(51-68)81-67)80-59(70)50-48-46-44-42-40-38-36-34-32-30-28-26-24-22-20-18-16-14-12-10-8-6-4-2/h41,43,55-57,60-68,71-76H,3-40,42,44-54H2,1-2H3/b43-41+/t55-,56+,57+,60-,61-,62?,63?,64?,65?,66+,67+/m0/s1. The molecule has 0 aliphatic carbocycles. The first-order valence-corrected chi connectivity index (χ1v) is 34.3. The quantitative estimate of drug-likeness (QED) is 0.0171. The Balaban J connectivity index is 1.68. The zero-order valence-corrected chi connectivity index (χ0v) is 52.3. The Kier molecular flexibility index (Phi) is 49.8. The van der Waals surface area contributed by atoms with Crippen LogP contribution in [-0.4, -0.2) is 142 Å². The van der Waals surface area contributed by atoms with E-state index in [1.54, 1.807) is 0 Å². The van der Waals surface area contributed by atoms with Crippen molar-refractivity contribution in [2.45, 2.75) is 377 Å². The fourth-order valence-corrected chi connectivity index (χ4v) is 11.2. The minimum absolute atomic E-state index is 0.167. The summed E-state index contributed by atoms with van der Waals surface area (Å²) in [7, 11) is 0. The third kappa shape index (κ3) is 39.1. The van der Waals surface area contributed by atoms with Crippen LogP contribution in [0, 0.1) is 0 Å². The van der Waals surface area contributed by atoms with Crippen molar-refractivity contribution in [3.05, 3.63) is 12.2 Å². The average molecular weight is 1170 g/mol. The van der Waals surface area contributed by atoms with Gasteiger partial charge in [-0.05, 0) is 32.1 Å². The maximum atomic E-state index is 13.1. The van der Waals surface area contributed by atoms with Crippen molar-refractivity contribution in [1.82, 2.24) is 0 Å². The molecule has 2 saturated heterocycles. The van der Waals surface area contributed by atoms with Gasteiger partial charge in [0.15, 0.2) is 18.7 Å². The Labute approximate surface area is 499 Å². The van der Waals surface area contributed by atoms with Crippen LogP contribution in [-0.2, 0) is 38.0 Å². The van der Waals surface area contributed by atoms with Crippen LogP contribution in [0.3, 0.4) is 0 Å². The highest BCUT2D eigenvalue weighted by molar-refractivity contribution is 5.70. The summed E-state index contributed by atoms with van der Waals surface area (Å²) in [5, 5.41) is 72.5. The van der Waals surface area contributed by atoms with Gasteiger partial charge < -0.3 is 64.2 Å². The summed E-state index contributed by atoms with van der Waals surface area (Å²) in [5.74, 6) is -0.940. The van der Waals surface area contributed by atoms with Gasteiger partial charge >= 0.3 is 11.9 Å². The zero-order chi connectivity index (χ0) is 59.5. The number of esters is 2.